The first kappa shape index (κ1) is 21.3. The fraction of sp³-hybridized carbons (Fsp3) is 0.933. The molecule has 3 fully saturated rings. The standard InChI is InChI=1S/C15H27N3O2S.2ClH/c19-14(10-16-9-13-1-2-13)17-11-15(3-8-21-12-15)18-4-6-20-7-5-18;;/h13,16H,1-12H2,(H,17,19);2*1H. The molecular weight excluding hydrogens is 357 g/mol. The van der Waals surface area contributed by atoms with E-state index in [1.54, 1.807) is 0 Å². The normalized spacial score (nSPS) is 27.8. The van der Waals surface area contributed by atoms with Gasteiger partial charge in [-0.05, 0) is 37.5 Å². The van der Waals surface area contributed by atoms with Crippen LogP contribution in [-0.4, -0.2) is 73.8 Å². The highest BCUT2D eigenvalue weighted by molar-refractivity contribution is 7.99. The van der Waals surface area contributed by atoms with Crippen molar-refractivity contribution in [1.82, 2.24) is 15.5 Å². The summed E-state index contributed by atoms with van der Waals surface area (Å²) >= 11 is 2.01. The van der Waals surface area contributed by atoms with Crippen LogP contribution in [0.15, 0.2) is 0 Å². The van der Waals surface area contributed by atoms with Crippen molar-refractivity contribution >= 4 is 42.5 Å². The molecular formula is C15H29Cl2N3O2S. The van der Waals surface area contributed by atoms with Crippen molar-refractivity contribution in [2.75, 3.05) is 57.4 Å². The van der Waals surface area contributed by atoms with Crippen LogP contribution in [0.1, 0.15) is 19.3 Å². The molecule has 136 valence electrons. The molecule has 0 aromatic rings. The molecule has 2 N–H and O–H groups in total. The number of thioether (sulfide) groups is 1. The molecule has 1 unspecified atom stereocenters. The molecule has 3 aliphatic rings. The summed E-state index contributed by atoms with van der Waals surface area (Å²) in [5, 5.41) is 6.42. The minimum Gasteiger partial charge on any atom is -0.379 e. The summed E-state index contributed by atoms with van der Waals surface area (Å²) in [6.07, 6.45) is 3.82. The first-order valence-electron chi connectivity index (χ1n) is 8.16. The van der Waals surface area contributed by atoms with Gasteiger partial charge in [0.15, 0.2) is 0 Å². The maximum Gasteiger partial charge on any atom is 0.234 e. The fourth-order valence-corrected chi connectivity index (χ4v) is 4.65. The predicted octanol–water partition coefficient (Wildman–Crippen LogP) is 1.15. The molecule has 23 heavy (non-hydrogen) atoms. The van der Waals surface area contributed by atoms with Crippen LogP contribution in [0.5, 0.6) is 0 Å². The Balaban J connectivity index is 0.00000132. The van der Waals surface area contributed by atoms with E-state index in [4.69, 9.17) is 4.74 Å². The van der Waals surface area contributed by atoms with Crippen molar-refractivity contribution in [2.45, 2.75) is 24.8 Å². The van der Waals surface area contributed by atoms with Crippen molar-refractivity contribution in [1.29, 1.82) is 0 Å². The second-order valence-electron chi connectivity index (χ2n) is 6.48. The number of morpholine rings is 1. The molecule has 1 aliphatic carbocycles. The summed E-state index contributed by atoms with van der Waals surface area (Å²) < 4.78 is 5.47. The number of amides is 1. The van der Waals surface area contributed by atoms with Crippen LogP contribution in [0, 0.1) is 5.92 Å². The smallest absolute Gasteiger partial charge is 0.234 e. The van der Waals surface area contributed by atoms with Gasteiger partial charge in [-0.1, -0.05) is 0 Å². The molecule has 1 atom stereocenters. The van der Waals surface area contributed by atoms with Crippen LogP contribution in [0.3, 0.4) is 0 Å². The molecule has 1 saturated carbocycles. The summed E-state index contributed by atoms with van der Waals surface area (Å²) in [6, 6.07) is 0. The van der Waals surface area contributed by atoms with Gasteiger partial charge in [-0.3, -0.25) is 9.69 Å². The van der Waals surface area contributed by atoms with E-state index in [1.807, 2.05) is 11.8 Å². The van der Waals surface area contributed by atoms with E-state index < -0.39 is 0 Å². The Kier molecular flexibility index (Phi) is 9.56. The molecule has 2 aliphatic heterocycles. The largest absolute Gasteiger partial charge is 0.379 e. The third-order valence-electron chi connectivity index (χ3n) is 4.79. The van der Waals surface area contributed by atoms with Gasteiger partial charge in [-0.25, -0.2) is 0 Å². The second-order valence-corrected chi connectivity index (χ2v) is 7.58. The lowest BCUT2D eigenvalue weighted by atomic mass is 9.95. The maximum absolute atomic E-state index is 12.0. The van der Waals surface area contributed by atoms with E-state index in [-0.39, 0.29) is 36.3 Å². The number of nitrogens with zero attached hydrogens (tertiary/aromatic N) is 1. The maximum atomic E-state index is 12.0. The molecule has 3 rings (SSSR count). The van der Waals surface area contributed by atoms with Gasteiger partial charge in [-0.2, -0.15) is 11.8 Å². The van der Waals surface area contributed by atoms with Crippen LogP contribution in [0.4, 0.5) is 0 Å². The third kappa shape index (κ3) is 6.25. The number of carbonyl (C=O) groups is 1. The van der Waals surface area contributed by atoms with Gasteiger partial charge in [0.2, 0.25) is 5.91 Å². The summed E-state index contributed by atoms with van der Waals surface area (Å²) in [6.45, 7) is 5.88. The van der Waals surface area contributed by atoms with Crippen LogP contribution in [0.25, 0.3) is 0 Å². The van der Waals surface area contributed by atoms with E-state index >= 15 is 0 Å². The van der Waals surface area contributed by atoms with Crippen LogP contribution >= 0.6 is 36.6 Å². The Labute approximate surface area is 155 Å². The van der Waals surface area contributed by atoms with Gasteiger partial charge < -0.3 is 15.4 Å². The van der Waals surface area contributed by atoms with Gasteiger partial charge in [-0.15, -0.1) is 24.8 Å². The van der Waals surface area contributed by atoms with E-state index in [1.165, 1.54) is 25.0 Å². The molecule has 0 spiro atoms. The molecule has 0 radical (unpaired) electrons. The Morgan fingerprint density at radius 3 is 2.61 bits per heavy atom. The van der Waals surface area contributed by atoms with Crippen molar-refractivity contribution < 1.29 is 9.53 Å². The number of hydrogen-bond acceptors (Lipinski definition) is 5. The quantitative estimate of drug-likeness (QED) is 0.688. The predicted molar refractivity (Wildman–Crippen MR) is 100 cm³/mol. The summed E-state index contributed by atoms with van der Waals surface area (Å²) in [5.41, 5.74) is 0.153. The Bertz CT molecular complexity index is 361. The zero-order valence-electron chi connectivity index (χ0n) is 13.6. The average molecular weight is 386 g/mol. The van der Waals surface area contributed by atoms with E-state index in [2.05, 4.69) is 15.5 Å². The van der Waals surface area contributed by atoms with Crippen molar-refractivity contribution in [3.05, 3.63) is 0 Å². The van der Waals surface area contributed by atoms with Gasteiger partial charge in [0.25, 0.3) is 0 Å². The SMILES string of the molecule is Cl.Cl.O=C(CNCC1CC1)NCC1(N2CCOCC2)CCSC1. The minimum atomic E-state index is 0. The van der Waals surface area contributed by atoms with E-state index in [0.29, 0.717) is 6.54 Å². The highest BCUT2D eigenvalue weighted by Gasteiger charge is 2.40. The fourth-order valence-electron chi connectivity index (χ4n) is 3.17. The number of nitrogens with one attached hydrogen (secondary N) is 2. The Morgan fingerprint density at radius 2 is 2.00 bits per heavy atom. The summed E-state index contributed by atoms with van der Waals surface area (Å²) in [7, 11) is 0. The molecule has 0 aromatic carbocycles. The van der Waals surface area contributed by atoms with E-state index in [0.717, 1.165) is 51.1 Å². The monoisotopic (exact) mass is 385 g/mol. The molecule has 2 heterocycles. The number of carbonyl (C=O) groups excluding carboxylic acids is 1. The highest BCUT2D eigenvalue weighted by Crippen LogP contribution is 2.33. The Hall–Kier alpha value is 0.280. The van der Waals surface area contributed by atoms with Gasteiger partial charge in [0.1, 0.15) is 0 Å². The number of halogens is 2. The summed E-state index contributed by atoms with van der Waals surface area (Å²) in [5.74, 6) is 3.29. The summed E-state index contributed by atoms with van der Waals surface area (Å²) in [4.78, 5) is 14.5. The highest BCUT2D eigenvalue weighted by atomic mass is 35.5. The lowest BCUT2D eigenvalue weighted by molar-refractivity contribution is -0.121. The number of rotatable bonds is 7. The number of ether oxygens (including phenoxy) is 1. The molecule has 1 amide bonds. The second kappa shape index (κ2) is 10.3. The molecule has 0 bridgehead atoms. The van der Waals surface area contributed by atoms with Crippen molar-refractivity contribution in [2.24, 2.45) is 5.92 Å². The Morgan fingerprint density at radius 1 is 1.26 bits per heavy atom. The van der Waals surface area contributed by atoms with Crippen LogP contribution in [0.2, 0.25) is 0 Å². The van der Waals surface area contributed by atoms with E-state index in [9.17, 15) is 4.79 Å². The molecule has 5 nitrogen and oxygen atoms in total. The van der Waals surface area contributed by atoms with Crippen molar-refractivity contribution in [3.8, 4) is 0 Å². The van der Waals surface area contributed by atoms with Crippen molar-refractivity contribution in [3.63, 3.8) is 0 Å². The molecule has 8 heteroatoms. The minimum absolute atomic E-state index is 0. The molecule has 0 aromatic heterocycles. The first-order valence-corrected chi connectivity index (χ1v) is 9.32. The zero-order chi connectivity index (χ0) is 14.5. The molecule has 2 saturated heterocycles. The zero-order valence-corrected chi connectivity index (χ0v) is 16.0. The topological polar surface area (TPSA) is 53.6 Å². The average Bonchev–Trinajstić information content (AvgIpc) is 3.22. The lowest BCUT2D eigenvalue weighted by Gasteiger charge is -2.43. The first-order chi connectivity index (χ1) is 10.3. The number of hydrogen-bond donors (Lipinski definition) is 2. The van der Waals surface area contributed by atoms with Gasteiger partial charge in [0.05, 0.1) is 19.8 Å². The van der Waals surface area contributed by atoms with Gasteiger partial charge in [0, 0.05) is 30.9 Å². The third-order valence-corrected chi connectivity index (χ3v) is 6.03. The van der Waals surface area contributed by atoms with Crippen LogP contribution in [-0.2, 0) is 9.53 Å². The lowest BCUT2D eigenvalue weighted by Crippen LogP contribution is -2.59. The van der Waals surface area contributed by atoms with Gasteiger partial charge >= 0.3 is 0 Å². The van der Waals surface area contributed by atoms with Crippen LogP contribution < -0.4 is 10.6 Å².